The fraction of sp³-hybridized carbons (Fsp3) is 0.0769. The second kappa shape index (κ2) is 11.3. The highest BCUT2D eigenvalue weighted by molar-refractivity contribution is 6.14. The molecule has 0 aliphatic heterocycles. The van der Waals surface area contributed by atoms with Gasteiger partial charge in [0, 0.05) is 27.8 Å². The molecule has 0 spiro atoms. The van der Waals surface area contributed by atoms with Crippen molar-refractivity contribution in [2.75, 3.05) is 0 Å². The molecule has 0 amide bonds. The van der Waals surface area contributed by atoms with E-state index < -0.39 is 0 Å². The van der Waals surface area contributed by atoms with E-state index in [1.165, 1.54) is 99.8 Å². The number of hydrogen-bond donors (Lipinski definition) is 0. The molecule has 0 saturated carbocycles. The van der Waals surface area contributed by atoms with E-state index in [1.807, 2.05) is 0 Å². The molecule has 1 atom stereocenters. The smallest absolute Gasteiger partial charge is 0.0588 e. The maximum atomic E-state index is 2.53. The predicted molar refractivity (Wildman–Crippen MR) is 222 cm³/mol. The lowest BCUT2D eigenvalue weighted by Crippen LogP contribution is -2.16. The lowest BCUT2D eigenvalue weighted by atomic mass is 9.81. The van der Waals surface area contributed by atoms with Crippen LogP contribution in [0.4, 0.5) is 0 Å². The molecule has 250 valence electrons. The fourth-order valence-corrected chi connectivity index (χ4v) is 9.63. The molecule has 0 fully saturated rings. The molecule has 1 nitrogen and oxygen atoms in total. The van der Waals surface area contributed by atoms with Crippen molar-refractivity contribution in [3.8, 4) is 50.2 Å². The highest BCUT2D eigenvalue weighted by atomic mass is 15.0. The Bertz CT molecular complexity index is 2890. The molecule has 2 aliphatic carbocycles. The van der Waals surface area contributed by atoms with E-state index in [0.717, 1.165) is 0 Å². The molecule has 0 radical (unpaired) electrons. The summed E-state index contributed by atoms with van der Waals surface area (Å²) in [7, 11) is 0. The molecule has 11 rings (SSSR count). The minimum absolute atomic E-state index is 0.146. The van der Waals surface area contributed by atoms with Gasteiger partial charge in [0.2, 0.25) is 0 Å². The van der Waals surface area contributed by atoms with Gasteiger partial charge in [-0.2, -0.15) is 0 Å². The van der Waals surface area contributed by atoms with Crippen LogP contribution in [0.25, 0.3) is 72.0 Å². The lowest BCUT2D eigenvalue weighted by molar-refractivity contribution is 0.664. The molecule has 53 heavy (non-hydrogen) atoms. The van der Waals surface area contributed by atoms with Gasteiger partial charge in [-0.3, -0.25) is 0 Å². The van der Waals surface area contributed by atoms with Crippen molar-refractivity contribution in [1.29, 1.82) is 0 Å². The van der Waals surface area contributed by atoms with Crippen molar-refractivity contribution in [3.63, 3.8) is 0 Å². The van der Waals surface area contributed by atoms with Crippen LogP contribution in [0.3, 0.4) is 0 Å². The van der Waals surface area contributed by atoms with E-state index in [-0.39, 0.29) is 11.3 Å². The largest absolute Gasteiger partial charge is 0.309 e. The number of aromatic nitrogens is 1. The van der Waals surface area contributed by atoms with Gasteiger partial charge in [-0.15, -0.1) is 0 Å². The van der Waals surface area contributed by atoms with E-state index in [1.54, 1.807) is 0 Å². The zero-order chi connectivity index (χ0) is 35.3. The Labute approximate surface area is 310 Å². The predicted octanol–water partition coefficient (Wildman–Crippen LogP) is 13.6. The maximum Gasteiger partial charge on any atom is 0.0588 e. The first-order valence-electron chi connectivity index (χ1n) is 18.7. The van der Waals surface area contributed by atoms with E-state index in [4.69, 9.17) is 0 Å². The summed E-state index contributed by atoms with van der Waals surface area (Å²) in [6, 6.07) is 67.6. The fourth-order valence-electron chi connectivity index (χ4n) is 9.63. The van der Waals surface area contributed by atoms with Gasteiger partial charge in [0.05, 0.1) is 11.0 Å². The van der Waals surface area contributed by atoms with Gasteiger partial charge in [0.1, 0.15) is 0 Å². The third-order valence-electron chi connectivity index (χ3n) is 12.1. The Morgan fingerprint density at radius 3 is 1.87 bits per heavy atom. The zero-order valence-corrected chi connectivity index (χ0v) is 29.8. The quantitative estimate of drug-likeness (QED) is 0.175. The molecular formula is C52H37N. The molecule has 0 N–H and O–H groups in total. The second-order valence-corrected chi connectivity index (χ2v) is 15.3. The average molecular weight is 676 g/mol. The van der Waals surface area contributed by atoms with Crippen LogP contribution in [0.1, 0.15) is 47.6 Å². The molecule has 9 aromatic rings. The van der Waals surface area contributed by atoms with Gasteiger partial charge in [-0.05, 0) is 103 Å². The van der Waals surface area contributed by atoms with Gasteiger partial charge in [0.15, 0.2) is 0 Å². The van der Waals surface area contributed by atoms with E-state index in [9.17, 15) is 0 Å². The van der Waals surface area contributed by atoms with Crippen molar-refractivity contribution >= 4 is 21.8 Å². The topological polar surface area (TPSA) is 4.93 Å². The first kappa shape index (κ1) is 30.2. The summed E-state index contributed by atoms with van der Waals surface area (Å²) < 4.78 is 2.53. The van der Waals surface area contributed by atoms with Gasteiger partial charge in [-0.25, -0.2) is 0 Å². The van der Waals surface area contributed by atoms with Crippen LogP contribution in [0, 0.1) is 0 Å². The van der Waals surface area contributed by atoms with Crippen LogP contribution in [0.2, 0.25) is 0 Å². The van der Waals surface area contributed by atoms with Crippen LogP contribution in [-0.2, 0) is 5.41 Å². The Hall–Kier alpha value is -6.44. The minimum Gasteiger partial charge on any atom is -0.309 e. The van der Waals surface area contributed by atoms with Crippen molar-refractivity contribution in [2.24, 2.45) is 0 Å². The standard InChI is InChI=1S/C52H37N/c1-52(2)47-20-12-11-18-40(47)43-28-29-44-46-32-37(36-23-27-42-45(31-36)39-17-9-10-19-41(39)49(42)35-15-7-4-8-16-35)24-30-48(46)53(51(44)50(43)52)38-25-21-34(22-26-38)33-13-5-3-6-14-33/h3-32,49H,1-2H3. The molecular weight excluding hydrogens is 639 g/mol. The highest BCUT2D eigenvalue weighted by Gasteiger charge is 2.38. The van der Waals surface area contributed by atoms with E-state index in [2.05, 4.69) is 200 Å². The summed E-state index contributed by atoms with van der Waals surface area (Å²) in [5, 5.41) is 2.58. The third kappa shape index (κ3) is 4.38. The van der Waals surface area contributed by atoms with Crippen molar-refractivity contribution < 1.29 is 0 Å². The van der Waals surface area contributed by atoms with Crippen molar-refractivity contribution in [3.05, 3.63) is 210 Å². The van der Waals surface area contributed by atoms with Gasteiger partial charge < -0.3 is 4.57 Å². The summed E-state index contributed by atoms with van der Waals surface area (Å²) in [4.78, 5) is 0. The van der Waals surface area contributed by atoms with Crippen molar-refractivity contribution in [1.82, 2.24) is 4.57 Å². The normalized spacial score (nSPS) is 14.9. The Morgan fingerprint density at radius 2 is 1.06 bits per heavy atom. The highest BCUT2D eigenvalue weighted by Crippen LogP contribution is 2.54. The lowest BCUT2D eigenvalue weighted by Gasteiger charge is -2.23. The SMILES string of the molecule is CC1(C)c2ccccc2-c2ccc3c4cc(-c5ccc6c(c5)-c5ccccc5C6c5ccccc5)ccc4n(-c4ccc(-c5ccccc5)cc4)c3c21. The molecule has 1 unspecified atom stereocenters. The third-order valence-corrected chi connectivity index (χ3v) is 12.1. The Balaban J connectivity index is 1.12. The van der Waals surface area contributed by atoms with E-state index in [0.29, 0.717) is 0 Å². The number of hydrogen-bond acceptors (Lipinski definition) is 0. The number of rotatable bonds is 4. The molecule has 8 aromatic carbocycles. The van der Waals surface area contributed by atoms with Crippen LogP contribution in [0.15, 0.2) is 182 Å². The Morgan fingerprint density at radius 1 is 0.434 bits per heavy atom. The molecule has 0 bridgehead atoms. The molecule has 0 saturated heterocycles. The molecule has 1 aromatic heterocycles. The van der Waals surface area contributed by atoms with Crippen LogP contribution in [-0.4, -0.2) is 4.57 Å². The summed E-state index contributed by atoms with van der Waals surface area (Å²) >= 11 is 0. The Kier molecular flexibility index (Phi) is 6.43. The van der Waals surface area contributed by atoms with Gasteiger partial charge >= 0.3 is 0 Å². The minimum atomic E-state index is -0.146. The summed E-state index contributed by atoms with van der Waals surface area (Å²) in [5.41, 5.74) is 20.8. The monoisotopic (exact) mass is 675 g/mol. The summed E-state index contributed by atoms with van der Waals surface area (Å²) in [6.45, 7) is 4.79. The van der Waals surface area contributed by atoms with E-state index >= 15 is 0 Å². The maximum absolute atomic E-state index is 2.53. The molecule has 2 aliphatic rings. The second-order valence-electron chi connectivity index (χ2n) is 15.3. The summed E-state index contributed by atoms with van der Waals surface area (Å²) in [5.74, 6) is 0.250. The van der Waals surface area contributed by atoms with Gasteiger partial charge in [0.25, 0.3) is 0 Å². The van der Waals surface area contributed by atoms with Crippen molar-refractivity contribution in [2.45, 2.75) is 25.2 Å². The van der Waals surface area contributed by atoms with Crippen LogP contribution >= 0.6 is 0 Å². The molecule has 1 heteroatoms. The van der Waals surface area contributed by atoms with Crippen LogP contribution in [0.5, 0.6) is 0 Å². The zero-order valence-electron chi connectivity index (χ0n) is 29.8. The number of fused-ring (bicyclic) bond motifs is 10. The van der Waals surface area contributed by atoms with Gasteiger partial charge in [-0.1, -0.05) is 166 Å². The number of nitrogens with zero attached hydrogens (tertiary/aromatic N) is 1. The van der Waals surface area contributed by atoms with Crippen LogP contribution < -0.4 is 0 Å². The molecule has 1 heterocycles. The first-order valence-corrected chi connectivity index (χ1v) is 18.7. The summed E-state index contributed by atoms with van der Waals surface area (Å²) in [6.07, 6.45) is 0. The average Bonchev–Trinajstić information content (AvgIpc) is 3.81. The number of benzene rings is 8. The first-order chi connectivity index (χ1) is 26.1.